The van der Waals surface area contributed by atoms with Crippen LogP contribution in [0.25, 0.3) is 0 Å². The molecule has 3 nitrogen and oxygen atoms in total. The molecule has 0 bridgehead atoms. The van der Waals surface area contributed by atoms with E-state index in [0.29, 0.717) is 25.0 Å². The van der Waals surface area contributed by atoms with Gasteiger partial charge in [0.2, 0.25) is 0 Å². The number of hydrogen-bond acceptors (Lipinski definition) is 5. The molecule has 0 saturated heterocycles. The lowest BCUT2D eigenvalue weighted by molar-refractivity contribution is -0.189. The fourth-order valence-electron chi connectivity index (χ4n) is 6.94. The summed E-state index contributed by atoms with van der Waals surface area (Å²) in [6, 6.07) is 2.25. The fourth-order valence-corrected chi connectivity index (χ4v) is 9.73. The van der Waals surface area contributed by atoms with E-state index in [1.807, 2.05) is 6.92 Å². The number of fused-ring (bicyclic) bond motifs is 5. The number of nitriles is 1. The predicted octanol–water partition coefficient (Wildman–Crippen LogP) is 4.67. The first kappa shape index (κ1) is 20.5. The van der Waals surface area contributed by atoms with E-state index in [1.54, 1.807) is 35.7 Å². The van der Waals surface area contributed by atoms with E-state index in [1.165, 1.54) is 6.08 Å². The first-order valence-corrected chi connectivity index (χ1v) is 12.3. The molecule has 1 N–H and O–H groups in total. The van der Waals surface area contributed by atoms with Crippen molar-refractivity contribution in [2.24, 2.45) is 22.7 Å². The van der Waals surface area contributed by atoms with Crippen molar-refractivity contribution in [2.45, 2.75) is 61.8 Å². The molecule has 0 unspecified atom stereocenters. The number of carbonyl (C=O) groups excluding carboxylic acids is 1. The Hall–Kier alpha value is -0.770. The van der Waals surface area contributed by atoms with Gasteiger partial charge in [-0.3, -0.25) is 4.79 Å². The van der Waals surface area contributed by atoms with Gasteiger partial charge in [0.25, 0.3) is 0 Å². The van der Waals surface area contributed by atoms with Crippen LogP contribution in [0.2, 0.25) is 0 Å². The van der Waals surface area contributed by atoms with Crippen molar-refractivity contribution >= 4 is 29.3 Å². The molecule has 4 rings (SSSR count). The Bertz CT molecular complexity index is 807. The first-order valence-electron chi connectivity index (χ1n) is 10.1. The topological polar surface area (TPSA) is 61.1 Å². The summed E-state index contributed by atoms with van der Waals surface area (Å²) in [7, 11) is 0. The lowest BCUT2D eigenvalue weighted by Gasteiger charge is -2.63. The highest BCUT2D eigenvalue weighted by Gasteiger charge is 2.73. The zero-order chi connectivity index (χ0) is 20.4. The third kappa shape index (κ3) is 2.36. The normalized spacial score (nSPS) is 49.6. The van der Waals surface area contributed by atoms with Gasteiger partial charge in [0.15, 0.2) is 11.5 Å². The molecule has 4 aliphatic rings. The Kier molecular flexibility index (Phi) is 4.85. The van der Waals surface area contributed by atoms with Crippen LogP contribution >= 0.6 is 23.5 Å². The number of hydrogen-bond donors (Lipinski definition) is 1. The van der Waals surface area contributed by atoms with Crippen LogP contribution in [0.15, 0.2) is 23.8 Å². The Morgan fingerprint density at radius 1 is 1.36 bits per heavy atom. The number of carbonyl (C=O) groups is 1. The molecule has 3 fully saturated rings. The van der Waals surface area contributed by atoms with Gasteiger partial charge in [-0.2, -0.15) is 5.26 Å². The molecule has 6 heteroatoms. The quantitative estimate of drug-likeness (QED) is 0.671. The Labute approximate surface area is 175 Å². The summed E-state index contributed by atoms with van der Waals surface area (Å²) in [6.07, 6.45) is 9.41. The van der Waals surface area contributed by atoms with Crippen LogP contribution in [-0.4, -0.2) is 38.8 Å². The van der Waals surface area contributed by atoms with Crippen molar-refractivity contribution in [3.63, 3.8) is 0 Å². The second-order valence-electron chi connectivity index (χ2n) is 9.21. The monoisotopic (exact) mass is 421 g/mol. The number of allylic oxidation sites excluding steroid dienone is 4. The van der Waals surface area contributed by atoms with Crippen molar-refractivity contribution in [3.05, 3.63) is 23.8 Å². The van der Waals surface area contributed by atoms with Crippen LogP contribution in [0.4, 0.5) is 4.39 Å². The van der Waals surface area contributed by atoms with Crippen LogP contribution in [0.1, 0.15) is 46.0 Å². The maximum atomic E-state index is 17.0. The maximum absolute atomic E-state index is 17.0. The summed E-state index contributed by atoms with van der Waals surface area (Å²) in [6.45, 7) is 4.07. The minimum Gasteiger partial charge on any atom is -0.390 e. The molecular weight excluding hydrogens is 393 g/mol. The molecule has 28 heavy (non-hydrogen) atoms. The largest absolute Gasteiger partial charge is 0.390 e. The number of thioether (sulfide) groups is 2. The second-order valence-corrected chi connectivity index (χ2v) is 11.8. The van der Waals surface area contributed by atoms with Gasteiger partial charge in [0.1, 0.15) is 0 Å². The van der Waals surface area contributed by atoms with Gasteiger partial charge < -0.3 is 5.11 Å². The van der Waals surface area contributed by atoms with E-state index in [2.05, 4.69) is 19.2 Å². The molecule has 3 saturated carbocycles. The number of ketones is 1. The van der Waals surface area contributed by atoms with Crippen molar-refractivity contribution in [1.29, 1.82) is 5.26 Å². The predicted molar refractivity (Wildman–Crippen MR) is 113 cm³/mol. The SMILES string of the molecule is CS[C@@]1(SCC#N)CC[C@H]2[C@@H]3CCC4=CC(=O)C=C[C@]4(C)[C@@]3(F)[C@@H](O)C[C@@]21C. The third-order valence-corrected chi connectivity index (χ3v) is 12.0. The van der Waals surface area contributed by atoms with Crippen LogP contribution < -0.4 is 0 Å². The Balaban J connectivity index is 1.78. The molecule has 0 aromatic carbocycles. The number of rotatable bonds is 3. The summed E-state index contributed by atoms with van der Waals surface area (Å²) in [4.78, 5) is 11.9. The van der Waals surface area contributed by atoms with Gasteiger partial charge in [0.05, 0.1) is 22.0 Å². The average molecular weight is 422 g/mol. The first-order chi connectivity index (χ1) is 13.2. The number of aliphatic hydroxyl groups excluding tert-OH is 1. The van der Waals surface area contributed by atoms with Gasteiger partial charge in [0, 0.05) is 11.3 Å². The van der Waals surface area contributed by atoms with E-state index in [0.717, 1.165) is 18.4 Å². The molecule has 0 aromatic heterocycles. The van der Waals surface area contributed by atoms with Gasteiger partial charge in [-0.1, -0.05) is 18.6 Å². The average Bonchev–Trinajstić information content (AvgIpc) is 2.94. The minimum atomic E-state index is -1.76. The van der Waals surface area contributed by atoms with E-state index in [4.69, 9.17) is 5.26 Å². The Morgan fingerprint density at radius 2 is 2.11 bits per heavy atom. The van der Waals surface area contributed by atoms with Crippen LogP contribution in [0.3, 0.4) is 0 Å². The van der Waals surface area contributed by atoms with Crippen molar-refractivity contribution in [2.75, 3.05) is 12.0 Å². The standard InChI is InChI=1S/C22H28FNO2S2/c1-19-8-6-15(25)12-14(19)4-5-17-16-7-9-21(27-3,28-11-10-24)20(16,2)13-18(26)22(17,19)23/h6,8,12,16-18,26H,4-5,7,9,11,13H2,1-3H3/t16-,17-,18-,19-,20-,21+,22-/m0/s1. The van der Waals surface area contributed by atoms with Crippen molar-refractivity contribution in [3.8, 4) is 6.07 Å². The summed E-state index contributed by atoms with van der Waals surface area (Å²) >= 11 is 3.45. The second kappa shape index (κ2) is 6.62. The summed E-state index contributed by atoms with van der Waals surface area (Å²) in [5.41, 5.74) is -2.07. The third-order valence-electron chi connectivity index (χ3n) is 8.39. The lowest BCUT2D eigenvalue weighted by atomic mass is 9.46. The highest BCUT2D eigenvalue weighted by molar-refractivity contribution is 8.18. The number of nitrogens with zero attached hydrogens (tertiary/aromatic N) is 1. The molecule has 7 atom stereocenters. The number of aliphatic hydroxyl groups is 1. The molecule has 152 valence electrons. The highest BCUT2D eigenvalue weighted by atomic mass is 32.2. The summed E-state index contributed by atoms with van der Waals surface area (Å²) in [5.74, 6) is 0.266. The van der Waals surface area contributed by atoms with Crippen LogP contribution in [-0.2, 0) is 4.79 Å². The van der Waals surface area contributed by atoms with Gasteiger partial charge in [-0.15, -0.1) is 23.5 Å². The van der Waals surface area contributed by atoms with E-state index >= 15 is 4.39 Å². The Morgan fingerprint density at radius 3 is 2.79 bits per heavy atom. The maximum Gasteiger partial charge on any atom is 0.178 e. The molecule has 0 spiro atoms. The molecule has 0 radical (unpaired) electrons. The molecule has 0 aromatic rings. The van der Waals surface area contributed by atoms with Crippen molar-refractivity contribution < 1.29 is 14.3 Å². The van der Waals surface area contributed by atoms with Crippen molar-refractivity contribution in [1.82, 2.24) is 0 Å². The molecular formula is C22H28FNO2S2. The molecule has 4 aliphatic carbocycles. The van der Waals surface area contributed by atoms with Gasteiger partial charge in [-0.25, -0.2) is 4.39 Å². The smallest absolute Gasteiger partial charge is 0.178 e. The van der Waals surface area contributed by atoms with E-state index in [-0.39, 0.29) is 27.1 Å². The fraction of sp³-hybridized carbons (Fsp3) is 0.727. The van der Waals surface area contributed by atoms with E-state index in [9.17, 15) is 9.90 Å². The zero-order valence-corrected chi connectivity index (χ0v) is 18.3. The summed E-state index contributed by atoms with van der Waals surface area (Å²) in [5, 5.41) is 20.4. The molecule has 0 amide bonds. The number of halogens is 1. The molecule has 0 aliphatic heterocycles. The van der Waals surface area contributed by atoms with Gasteiger partial charge in [-0.05, 0) is 68.8 Å². The molecule has 0 heterocycles. The lowest BCUT2D eigenvalue weighted by Crippen LogP contribution is -2.67. The van der Waals surface area contributed by atoms with Crippen LogP contribution in [0, 0.1) is 34.0 Å². The summed E-state index contributed by atoms with van der Waals surface area (Å²) < 4.78 is 16.8. The van der Waals surface area contributed by atoms with Crippen LogP contribution in [0.5, 0.6) is 0 Å². The van der Waals surface area contributed by atoms with Gasteiger partial charge >= 0.3 is 0 Å². The highest BCUT2D eigenvalue weighted by Crippen LogP contribution is 2.73. The minimum absolute atomic E-state index is 0.0835. The van der Waals surface area contributed by atoms with E-state index < -0.39 is 17.2 Å². The zero-order valence-electron chi connectivity index (χ0n) is 16.7. The number of alkyl halides is 1.